The molecule has 1 N–H and O–H groups in total. The van der Waals surface area contributed by atoms with Crippen molar-refractivity contribution in [2.24, 2.45) is 0 Å². The number of ether oxygens (including phenoxy) is 1. The molecular weight excluding hydrogens is 242 g/mol. The molecule has 110 valence electrons. The molecule has 1 aliphatic heterocycles. The van der Waals surface area contributed by atoms with E-state index in [1.54, 1.807) is 0 Å². The molecule has 0 amide bonds. The Bertz CT molecular complexity index is 333. The van der Waals surface area contributed by atoms with Crippen LogP contribution in [0.4, 0.5) is 0 Å². The van der Waals surface area contributed by atoms with E-state index in [2.05, 4.69) is 29.1 Å². The number of rotatable bonds is 5. The maximum atomic E-state index is 12.1. The van der Waals surface area contributed by atoms with Crippen LogP contribution in [-0.4, -0.2) is 73.7 Å². The third kappa shape index (κ3) is 3.68. The van der Waals surface area contributed by atoms with Gasteiger partial charge in [-0.1, -0.05) is 0 Å². The highest BCUT2D eigenvalue weighted by Gasteiger charge is 2.41. The van der Waals surface area contributed by atoms with Gasteiger partial charge in [-0.3, -0.25) is 15.0 Å². The lowest BCUT2D eigenvalue weighted by molar-refractivity contribution is -0.149. The van der Waals surface area contributed by atoms with Crippen molar-refractivity contribution in [1.82, 2.24) is 15.1 Å². The Morgan fingerprint density at radius 2 is 2.11 bits per heavy atom. The Labute approximate surface area is 116 Å². The van der Waals surface area contributed by atoms with Gasteiger partial charge >= 0.3 is 5.97 Å². The zero-order valence-corrected chi connectivity index (χ0v) is 12.6. The van der Waals surface area contributed by atoms with Crippen molar-refractivity contribution >= 4 is 5.97 Å². The van der Waals surface area contributed by atoms with Gasteiger partial charge in [0, 0.05) is 38.3 Å². The first kappa shape index (κ1) is 14.8. The van der Waals surface area contributed by atoms with Gasteiger partial charge in [0.05, 0.1) is 7.11 Å². The Balaban J connectivity index is 1.97. The summed E-state index contributed by atoms with van der Waals surface area (Å²) in [6.07, 6.45) is 2.34. The summed E-state index contributed by atoms with van der Waals surface area (Å²) in [5.74, 6) is -0.147. The predicted molar refractivity (Wildman–Crippen MR) is 75.1 cm³/mol. The van der Waals surface area contributed by atoms with Crippen molar-refractivity contribution in [1.29, 1.82) is 0 Å². The van der Waals surface area contributed by atoms with Crippen molar-refractivity contribution < 1.29 is 9.53 Å². The number of nitrogens with zero attached hydrogens (tertiary/aromatic N) is 2. The van der Waals surface area contributed by atoms with Gasteiger partial charge in [-0.15, -0.1) is 0 Å². The van der Waals surface area contributed by atoms with E-state index in [9.17, 15) is 4.79 Å². The summed E-state index contributed by atoms with van der Waals surface area (Å²) in [5, 5.41) is 3.46. The molecule has 2 unspecified atom stereocenters. The minimum atomic E-state index is -0.578. The number of methoxy groups -OCH3 is 1. The number of hydrogen-bond donors (Lipinski definition) is 1. The zero-order valence-electron chi connectivity index (χ0n) is 12.6. The number of piperazine rings is 1. The fourth-order valence-corrected chi connectivity index (χ4v) is 2.79. The van der Waals surface area contributed by atoms with Gasteiger partial charge in [0.1, 0.15) is 5.54 Å². The maximum Gasteiger partial charge on any atom is 0.327 e. The van der Waals surface area contributed by atoms with E-state index in [4.69, 9.17) is 4.74 Å². The van der Waals surface area contributed by atoms with E-state index in [-0.39, 0.29) is 5.97 Å². The zero-order chi connectivity index (χ0) is 14.0. The summed E-state index contributed by atoms with van der Waals surface area (Å²) >= 11 is 0. The van der Waals surface area contributed by atoms with Gasteiger partial charge in [-0.25, -0.2) is 0 Å². The van der Waals surface area contributed by atoms with Crippen LogP contribution in [0.15, 0.2) is 0 Å². The Hall–Kier alpha value is -0.650. The van der Waals surface area contributed by atoms with E-state index in [1.165, 1.54) is 20.0 Å². The summed E-state index contributed by atoms with van der Waals surface area (Å²) < 4.78 is 5.00. The highest BCUT2D eigenvalue weighted by molar-refractivity contribution is 5.80. The van der Waals surface area contributed by atoms with Crippen LogP contribution < -0.4 is 5.32 Å². The third-order valence-corrected chi connectivity index (χ3v) is 4.32. The van der Waals surface area contributed by atoms with Gasteiger partial charge < -0.3 is 9.64 Å². The smallest absolute Gasteiger partial charge is 0.327 e. The predicted octanol–water partition coefficient (Wildman–Crippen LogP) is 0.306. The summed E-state index contributed by atoms with van der Waals surface area (Å²) in [6, 6.07) is 1.03. The lowest BCUT2D eigenvalue weighted by Crippen LogP contribution is -2.61. The van der Waals surface area contributed by atoms with Crippen molar-refractivity contribution in [3.05, 3.63) is 0 Å². The number of esters is 1. The number of carbonyl (C=O) groups is 1. The van der Waals surface area contributed by atoms with Gasteiger partial charge in [-0.2, -0.15) is 0 Å². The number of carbonyl (C=O) groups excluding carboxylic acids is 1. The van der Waals surface area contributed by atoms with E-state index >= 15 is 0 Å². The SMILES string of the molecule is COC(=O)C(C)(CN1CCN(C)C(C)C1)NC1CC1. The fraction of sp³-hybridized carbons (Fsp3) is 0.929. The summed E-state index contributed by atoms with van der Waals surface area (Å²) in [6.45, 7) is 8.02. The van der Waals surface area contributed by atoms with Crippen LogP contribution in [0.3, 0.4) is 0 Å². The largest absolute Gasteiger partial charge is 0.468 e. The van der Waals surface area contributed by atoms with Crippen molar-refractivity contribution in [3.8, 4) is 0 Å². The summed E-state index contributed by atoms with van der Waals surface area (Å²) in [4.78, 5) is 16.8. The van der Waals surface area contributed by atoms with Crippen LogP contribution >= 0.6 is 0 Å². The van der Waals surface area contributed by atoms with E-state index in [1.807, 2.05) is 6.92 Å². The van der Waals surface area contributed by atoms with E-state index in [0.717, 1.165) is 26.2 Å². The normalized spacial score (nSPS) is 28.9. The Kier molecular flexibility index (Phi) is 4.48. The van der Waals surface area contributed by atoms with Crippen LogP contribution in [0.25, 0.3) is 0 Å². The van der Waals surface area contributed by atoms with Gasteiger partial charge in [-0.05, 0) is 33.7 Å². The molecule has 0 bridgehead atoms. The summed E-state index contributed by atoms with van der Waals surface area (Å²) in [5.41, 5.74) is -0.578. The Morgan fingerprint density at radius 3 is 2.63 bits per heavy atom. The lowest BCUT2D eigenvalue weighted by atomic mass is 10.00. The molecule has 2 rings (SSSR count). The first-order chi connectivity index (χ1) is 8.94. The van der Waals surface area contributed by atoms with Crippen molar-refractivity contribution in [2.45, 2.75) is 44.3 Å². The van der Waals surface area contributed by atoms with Crippen LogP contribution in [-0.2, 0) is 9.53 Å². The molecular formula is C14H27N3O2. The molecule has 19 heavy (non-hydrogen) atoms. The molecule has 1 aliphatic carbocycles. The molecule has 2 fully saturated rings. The van der Waals surface area contributed by atoms with Crippen LogP contribution in [0.1, 0.15) is 26.7 Å². The van der Waals surface area contributed by atoms with Crippen LogP contribution in [0.5, 0.6) is 0 Å². The highest BCUT2D eigenvalue weighted by Crippen LogP contribution is 2.24. The second-order valence-electron chi connectivity index (χ2n) is 6.31. The average molecular weight is 269 g/mol. The Morgan fingerprint density at radius 1 is 1.42 bits per heavy atom. The maximum absolute atomic E-state index is 12.1. The average Bonchev–Trinajstić information content (AvgIpc) is 3.16. The molecule has 0 spiro atoms. The van der Waals surface area contributed by atoms with Crippen molar-refractivity contribution in [3.63, 3.8) is 0 Å². The van der Waals surface area contributed by atoms with E-state index in [0.29, 0.717) is 12.1 Å². The number of hydrogen-bond acceptors (Lipinski definition) is 5. The first-order valence-corrected chi connectivity index (χ1v) is 7.23. The van der Waals surface area contributed by atoms with Crippen molar-refractivity contribution in [2.75, 3.05) is 40.3 Å². The molecule has 2 atom stereocenters. The van der Waals surface area contributed by atoms with Gasteiger partial charge in [0.15, 0.2) is 0 Å². The van der Waals surface area contributed by atoms with Crippen LogP contribution in [0.2, 0.25) is 0 Å². The minimum Gasteiger partial charge on any atom is -0.468 e. The van der Waals surface area contributed by atoms with E-state index < -0.39 is 5.54 Å². The fourth-order valence-electron chi connectivity index (χ4n) is 2.79. The topological polar surface area (TPSA) is 44.8 Å². The molecule has 5 heteroatoms. The molecule has 5 nitrogen and oxygen atoms in total. The second kappa shape index (κ2) is 5.77. The molecule has 1 saturated heterocycles. The van der Waals surface area contributed by atoms with Gasteiger partial charge in [0.2, 0.25) is 0 Å². The third-order valence-electron chi connectivity index (χ3n) is 4.32. The minimum absolute atomic E-state index is 0.147. The van der Waals surface area contributed by atoms with Crippen LogP contribution in [0, 0.1) is 0 Å². The highest BCUT2D eigenvalue weighted by atomic mass is 16.5. The molecule has 0 radical (unpaired) electrons. The molecule has 1 heterocycles. The quantitative estimate of drug-likeness (QED) is 0.728. The molecule has 1 saturated carbocycles. The molecule has 2 aliphatic rings. The summed E-state index contributed by atoms with van der Waals surface area (Å²) in [7, 11) is 3.63. The van der Waals surface area contributed by atoms with Gasteiger partial charge in [0.25, 0.3) is 0 Å². The lowest BCUT2D eigenvalue weighted by Gasteiger charge is -2.41. The first-order valence-electron chi connectivity index (χ1n) is 7.23. The second-order valence-corrected chi connectivity index (χ2v) is 6.31. The molecule has 0 aromatic heterocycles. The molecule has 0 aromatic carbocycles. The standard InChI is InChI=1S/C14H27N3O2/c1-11-9-17(8-7-16(11)3)10-14(2,13(18)19-4)15-12-5-6-12/h11-12,15H,5-10H2,1-4H3. The molecule has 0 aromatic rings. The monoisotopic (exact) mass is 269 g/mol. The number of likely N-dealkylation sites (N-methyl/N-ethyl adjacent to an activating group) is 1. The number of nitrogens with one attached hydrogen (secondary N) is 1.